The van der Waals surface area contributed by atoms with Crippen molar-refractivity contribution in [1.29, 1.82) is 0 Å². The minimum atomic E-state index is -2.86. The summed E-state index contributed by atoms with van der Waals surface area (Å²) in [5, 5.41) is 7.52. The van der Waals surface area contributed by atoms with Gasteiger partial charge in [-0.25, -0.2) is 4.98 Å². The van der Waals surface area contributed by atoms with Crippen molar-refractivity contribution >= 4 is 22.4 Å². The van der Waals surface area contributed by atoms with E-state index in [4.69, 9.17) is 0 Å². The third-order valence-electron chi connectivity index (χ3n) is 3.79. The van der Waals surface area contributed by atoms with Crippen LogP contribution in [0.5, 0.6) is 5.75 Å². The number of aryl methyl sites for hydroxylation is 3. The van der Waals surface area contributed by atoms with Gasteiger partial charge in [0, 0.05) is 16.1 Å². The Morgan fingerprint density at radius 2 is 1.96 bits per heavy atom. The summed E-state index contributed by atoms with van der Waals surface area (Å²) < 4.78 is 30.4. The van der Waals surface area contributed by atoms with Gasteiger partial charge in [0.25, 0.3) is 0 Å². The van der Waals surface area contributed by atoms with Crippen molar-refractivity contribution in [2.45, 2.75) is 33.9 Å². The Bertz CT molecular complexity index is 951. The largest absolute Gasteiger partial charge is 0.435 e. The minimum absolute atomic E-state index is 0.0834. The van der Waals surface area contributed by atoms with Gasteiger partial charge in [-0.05, 0) is 51.1 Å². The van der Waals surface area contributed by atoms with Crippen LogP contribution in [0.2, 0.25) is 0 Å². The Morgan fingerprint density at radius 3 is 2.56 bits per heavy atom. The number of aromatic nitrogens is 3. The Balaban J connectivity index is 1.70. The number of alkyl halides is 2. The summed E-state index contributed by atoms with van der Waals surface area (Å²) in [5.74, 6) is -0.137. The molecule has 142 valence electrons. The fraction of sp³-hybridized carbons (Fsp3) is 0.278. The number of rotatable bonds is 6. The van der Waals surface area contributed by atoms with Crippen molar-refractivity contribution in [1.82, 2.24) is 14.8 Å². The molecule has 9 heteroatoms. The molecule has 0 spiro atoms. The molecule has 0 saturated carbocycles. The molecule has 6 nitrogen and oxygen atoms in total. The van der Waals surface area contributed by atoms with Crippen molar-refractivity contribution in [2.24, 2.45) is 0 Å². The maximum absolute atomic E-state index is 12.3. The molecule has 0 aliphatic heterocycles. The molecule has 1 N–H and O–H groups in total. The van der Waals surface area contributed by atoms with Gasteiger partial charge in [-0.2, -0.15) is 13.9 Å². The number of thiazole rings is 1. The highest BCUT2D eigenvalue weighted by Crippen LogP contribution is 2.31. The zero-order valence-corrected chi connectivity index (χ0v) is 15.8. The second kappa shape index (κ2) is 7.83. The number of benzene rings is 1. The molecule has 0 radical (unpaired) electrons. The Labute approximate surface area is 158 Å². The molecular formula is C18H18F2N4O2S. The van der Waals surface area contributed by atoms with Crippen LogP contribution in [0.15, 0.2) is 30.3 Å². The monoisotopic (exact) mass is 392 g/mol. The van der Waals surface area contributed by atoms with Gasteiger partial charge in [0.05, 0.1) is 11.4 Å². The van der Waals surface area contributed by atoms with Crippen LogP contribution < -0.4 is 10.1 Å². The lowest BCUT2D eigenvalue weighted by Gasteiger charge is -2.05. The number of hydrogen-bond donors (Lipinski definition) is 1. The summed E-state index contributed by atoms with van der Waals surface area (Å²) >= 11 is 1.35. The number of nitrogens with zero attached hydrogens (tertiary/aromatic N) is 3. The van der Waals surface area contributed by atoms with Crippen molar-refractivity contribution in [2.75, 3.05) is 5.32 Å². The maximum atomic E-state index is 12.3. The summed E-state index contributed by atoms with van der Waals surface area (Å²) in [4.78, 5) is 17.6. The standard InChI is InChI=1S/C18H18F2N4O2S/c1-10-8-11(2)24(23-10)9-15(25)21-18-22-16(12(3)27-18)13-4-6-14(7-5-13)26-17(19)20/h4-8,17H,9H2,1-3H3,(H,21,22,25). The average Bonchev–Trinajstić information content (AvgIpc) is 3.09. The van der Waals surface area contributed by atoms with Crippen molar-refractivity contribution in [3.63, 3.8) is 0 Å². The molecule has 2 aromatic heterocycles. The van der Waals surface area contributed by atoms with Crippen molar-refractivity contribution < 1.29 is 18.3 Å². The third kappa shape index (κ3) is 4.68. The lowest BCUT2D eigenvalue weighted by Crippen LogP contribution is -2.20. The van der Waals surface area contributed by atoms with Gasteiger partial charge in [-0.1, -0.05) is 0 Å². The van der Waals surface area contributed by atoms with Crippen LogP contribution in [0.3, 0.4) is 0 Å². The SMILES string of the molecule is Cc1cc(C)n(CC(=O)Nc2nc(-c3ccc(OC(F)F)cc3)c(C)s2)n1. The molecule has 0 aliphatic rings. The first-order valence-electron chi connectivity index (χ1n) is 8.15. The highest BCUT2D eigenvalue weighted by Gasteiger charge is 2.14. The van der Waals surface area contributed by atoms with E-state index in [1.54, 1.807) is 16.8 Å². The van der Waals surface area contributed by atoms with Crippen LogP contribution in [0, 0.1) is 20.8 Å². The van der Waals surface area contributed by atoms with Crippen LogP contribution in [0.25, 0.3) is 11.3 Å². The Morgan fingerprint density at radius 1 is 1.26 bits per heavy atom. The normalized spacial score (nSPS) is 11.0. The molecular weight excluding hydrogens is 374 g/mol. The van der Waals surface area contributed by atoms with E-state index in [1.807, 2.05) is 26.8 Å². The quantitative estimate of drug-likeness (QED) is 0.684. The van der Waals surface area contributed by atoms with E-state index in [9.17, 15) is 13.6 Å². The van der Waals surface area contributed by atoms with Gasteiger partial charge in [0.15, 0.2) is 5.13 Å². The first-order chi connectivity index (χ1) is 12.8. The fourth-order valence-electron chi connectivity index (χ4n) is 2.64. The zero-order valence-electron chi connectivity index (χ0n) is 15.0. The summed E-state index contributed by atoms with van der Waals surface area (Å²) in [5.41, 5.74) is 3.20. The maximum Gasteiger partial charge on any atom is 0.387 e. The molecule has 3 rings (SSSR count). The van der Waals surface area contributed by atoms with Gasteiger partial charge in [-0.15, -0.1) is 11.3 Å². The molecule has 0 aliphatic carbocycles. The molecule has 3 aromatic rings. The summed E-state index contributed by atoms with van der Waals surface area (Å²) in [6.07, 6.45) is 0. The summed E-state index contributed by atoms with van der Waals surface area (Å²) in [6, 6.07) is 8.13. The van der Waals surface area contributed by atoms with Gasteiger partial charge in [0.1, 0.15) is 12.3 Å². The number of carbonyl (C=O) groups excluding carboxylic acids is 1. The molecule has 0 saturated heterocycles. The molecule has 2 heterocycles. The molecule has 27 heavy (non-hydrogen) atoms. The number of amides is 1. The van der Waals surface area contributed by atoms with Gasteiger partial charge in [0.2, 0.25) is 5.91 Å². The summed E-state index contributed by atoms with van der Waals surface area (Å²) in [6.45, 7) is 2.89. The van der Waals surface area contributed by atoms with Crippen molar-refractivity contribution in [3.8, 4) is 17.0 Å². The van der Waals surface area contributed by atoms with E-state index in [0.29, 0.717) is 10.8 Å². The summed E-state index contributed by atoms with van der Waals surface area (Å²) in [7, 11) is 0. The zero-order chi connectivity index (χ0) is 19.6. The highest BCUT2D eigenvalue weighted by molar-refractivity contribution is 7.16. The van der Waals surface area contributed by atoms with E-state index in [1.165, 1.54) is 23.5 Å². The van der Waals surface area contributed by atoms with Gasteiger partial charge < -0.3 is 10.1 Å². The second-order valence-corrected chi connectivity index (χ2v) is 7.16. The average molecular weight is 392 g/mol. The smallest absolute Gasteiger partial charge is 0.387 e. The van der Waals surface area contributed by atoms with E-state index in [0.717, 1.165) is 21.8 Å². The predicted octanol–water partition coefficient (Wildman–Crippen LogP) is 4.17. The molecule has 1 aromatic carbocycles. The van der Waals surface area contributed by atoms with E-state index >= 15 is 0 Å². The lowest BCUT2D eigenvalue weighted by atomic mass is 10.1. The topological polar surface area (TPSA) is 69.0 Å². The number of hydrogen-bond acceptors (Lipinski definition) is 5. The van der Waals surface area contributed by atoms with E-state index in [2.05, 4.69) is 20.1 Å². The predicted molar refractivity (Wildman–Crippen MR) is 99.2 cm³/mol. The van der Waals surface area contributed by atoms with Gasteiger partial charge >= 0.3 is 6.61 Å². The number of halogens is 2. The third-order valence-corrected chi connectivity index (χ3v) is 4.68. The van der Waals surface area contributed by atoms with E-state index < -0.39 is 6.61 Å². The van der Waals surface area contributed by atoms with Crippen LogP contribution in [-0.4, -0.2) is 27.3 Å². The van der Waals surface area contributed by atoms with Crippen molar-refractivity contribution in [3.05, 3.63) is 46.6 Å². The second-order valence-electron chi connectivity index (χ2n) is 5.96. The fourth-order valence-corrected chi connectivity index (χ4v) is 3.49. The Hall–Kier alpha value is -2.81. The number of anilines is 1. The first-order valence-corrected chi connectivity index (χ1v) is 8.97. The molecule has 0 fully saturated rings. The van der Waals surface area contributed by atoms with Crippen LogP contribution >= 0.6 is 11.3 Å². The molecule has 0 unspecified atom stereocenters. The molecule has 0 bridgehead atoms. The van der Waals surface area contributed by atoms with E-state index in [-0.39, 0.29) is 18.2 Å². The minimum Gasteiger partial charge on any atom is -0.435 e. The lowest BCUT2D eigenvalue weighted by molar-refractivity contribution is -0.116. The first kappa shape index (κ1) is 19.0. The molecule has 1 amide bonds. The Kier molecular flexibility index (Phi) is 5.50. The number of ether oxygens (including phenoxy) is 1. The van der Waals surface area contributed by atoms with Crippen LogP contribution in [0.4, 0.5) is 13.9 Å². The number of carbonyl (C=O) groups is 1. The van der Waals surface area contributed by atoms with Crippen LogP contribution in [0.1, 0.15) is 16.3 Å². The highest BCUT2D eigenvalue weighted by atomic mass is 32.1. The van der Waals surface area contributed by atoms with Crippen LogP contribution in [-0.2, 0) is 11.3 Å². The van der Waals surface area contributed by atoms with Gasteiger partial charge in [-0.3, -0.25) is 9.48 Å². The number of nitrogens with one attached hydrogen (secondary N) is 1. The molecule has 0 atom stereocenters.